The lowest BCUT2D eigenvalue weighted by molar-refractivity contribution is -0.0561. The second kappa shape index (κ2) is 58.5. The fourth-order valence-electron chi connectivity index (χ4n) is 13.9. The zero-order valence-electron chi connectivity index (χ0n) is 83.3. The van der Waals surface area contributed by atoms with E-state index in [0.29, 0.717) is 208 Å². The number of halogens is 1. The minimum absolute atomic E-state index is 0. The van der Waals surface area contributed by atoms with Crippen molar-refractivity contribution in [3.63, 3.8) is 0 Å². The van der Waals surface area contributed by atoms with Gasteiger partial charge in [-0.05, 0) is 164 Å². The van der Waals surface area contributed by atoms with Crippen molar-refractivity contribution in [3.8, 4) is 103 Å². The second-order valence-corrected chi connectivity index (χ2v) is 39.0. The van der Waals surface area contributed by atoms with Gasteiger partial charge in [-0.1, -0.05) is 25.1 Å². The van der Waals surface area contributed by atoms with Crippen LogP contribution in [0.2, 0.25) is 24.8 Å². The topological polar surface area (TPSA) is 473 Å². The van der Waals surface area contributed by atoms with Crippen LogP contribution >= 0.6 is 65.6 Å². The molecule has 0 unspecified atom stereocenters. The number of pyridine rings is 4. The van der Waals surface area contributed by atoms with E-state index in [4.69, 9.17) is 118 Å². The number of nitrogens with two attached hydrogens (primary N) is 1. The number of nitrogens with one attached hydrogen (secondary N) is 1. The number of urea groups is 1. The fourth-order valence-corrected chi connectivity index (χ4v) is 14.5. The Morgan fingerprint density at radius 1 is 0.448 bits per heavy atom. The summed E-state index contributed by atoms with van der Waals surface area (Å²) in [4.78, 5) is 94.0. The van der Waals surface area contributed by atoms with Crippen molar-refractivity contribution in [2.75, 3.05) is 162 Å². The first-order chi connectivity index (χ1) is 67.2. The lowest BCUT2D eigenvalue weighted by Crippen LogP contribution is -2.49. The van der Waals surface area contributed by atoms with E-state index in [1.165, 1.54) is 25.2 Å². The third-order valence-corrected chi connectivity index (χ3v) is 21.5. The maximum absolute atomic E-state index is 12.5. The van der Waals surface area contributed by atoms with Crippen LogP contribution in [0.15, 0.2) is 158 Å². The van der Waals surface area contributed by atoms with E-state index in [1.54, 1.807) is 120 Å². The highest BCUT2D eigenvalue weighted by atomic mass is 35.5. The van der Waals surface area contributed by atoms with Gasteiger partial charge >= 0.3 is 25.3 Å². The molecule has 0 saturated carbocycles. The summed E-state index contributed by atoms with van der Waals surface area (Å²) < 4.78 is 104. The number of carbonyl (C=O) groups excluding carboxylic acids is 3. The van der Waals surface area contributed by atoms with Crippen molar-refractivity contribution >= 4 is 155 Å². The summed E-state index contributed by atoms with van der Waals surface area (Å²) in [6.07, 6.45) is 11.1. The Bertz CT molecular complexity index is 6230. The molecule has 4 amide bonds. The van der Waals surface area contributed by atoms with Crippen molar-refractivity contribution in [1.82, 2.24) is 79.8 Å². The number of benzene rings is 4. The van der Waals surface area contributed by atoms with Crippen LogP contribution < -0.4 is 73.4 Å². The normalized spacial score (nSPS) is 15.2. The Morgan fingerprint density at radius 2 is 0.752 bits per heavy atom. The third-order valence-electron chi connectivity index (χ3n) is 20.5. The minimum atomic E-state index is -1.49. The Labute approximate surface area is 877 Å². The number of rotatable bonds is 25. The highest BCUT2D eigenvalue weighted by molar-refractivity contribution is 7.59. The van der Waals surface area contributed by atoms with E-state index in [1.807, 2.05) is 114 Å². The van der Waals surface area contributed by atoms with Crippen molar-refractivity contribution in [1.29, 1.82) is 0 Å². The number of ether oxygens (including phenoxy) is 18. The van der Waals surface area contributed by atoms with Crippen molar-refractivity contribution in [2.24, 2.45) is 10.4 Å². The van der Waals surface area contributed by atoms with Crippen LogP contribution in [0.3, 0.4) is 0 Å². The molecule has 0 aliphatic carbocycles. The zero-order chi connectivity index (χ0) is 101. The number of primary amides is 1. The molecule has 41 nitrogen and oxygen atoms in total. The fraction of sp³-hybridized carbons (Fsp3) is 0.412. The molecule has 8 aromatic heterocycles. The molecule has 784 valence electrons. The summed E-state index contributed by atoms with van der Waals surface area (Å²) >= 11 is 6.01. The summed E-state index contributed by atoms with van der Waals surface area (Å²) in [6.45, 7) is 27.8. The summed E-state index contributed by atoms with van der Waals surface area (Å²) in [7, 11) is 9.86. The van der Waals surface area contributed by atoms with Crippen molar-refractivity contribution in [3.05, 3.63) is 158 Å². The first-order valence-electron chi connectivity index (χ1n) is 44.5. The molecule has 12 heterocycles. The van der Waals surface area contributed by atoms with Crippen molar-refractivity contribution in [2.45, 2.75) is 104 Å². The number of methoxy groups -OCH3 is 8. The molecule has 4 fully saturated rings. The van der Waals surface area contributed by atoms with Crippen LogP contribution in [0, 0.1) is 0 Å². The van der Waals surface area contributed by atoms with Gasteiger partial charge in [-0.3, -0.25) is 24.6 Å². The summed E-state index contributed by atoms with van der Waals surface area (Å²) in [6, 6.07) is 28.1. The molecule has 4 aliphatic heterocycles. The van der Waals surface area contributed by atoms with Crippen LogP contribution in [0.5, 0.6) is 69.5 Å². The highest BCUT2D eigenvalue weighted by Crippen LogP contribution is 2.39. The van der Waals surface area contributed by atoms with E-state index in [9.17, 15) is 14.4 Å². The van der Waals surface area contributed by atoms with Crippen LogP contribution in [0.1, 0.15) is 49.0 Å². The Kier molecular flexibility index (Phi) is 48.9. The number of morpholine rings is 4. The predicted molar refractivity (Wildman–Crippen MR) is 575 cm³/mol. The number of hydrogen-bond donors (Lipinski definition) is 4. The standard InChI is InChI=1S/C25H30N4O6.C21H23N5O5.C20H22N4O4.C17H21ClN4O4.C8H11BO4.C5H11NSi.CH4.4H2S/c1-25(2,3)35-24(30)29-10-11-33-17(14-29)15-34-23-22-19(26-8-9-27-22)13-18(28-23)16-6-7-20(31-4)21(12-16)32-5;1-28-17-4-3-13(9-18(17)29-2)15-10-16-19(24-6-5-23-16)20(25-15)31-12-14-11-26(21(22)27)7-8-30-14;1-25-17-4-3-13(9-18(17)26-2)15-10-16-19(23-6-5-22-16)20(24-15)28-12-14-11-21-7-8-27-14;1-17(2,3)26-16(23)22-6-7-24-11(9-22)10-25-15-14-12(8-13(18)21-15)19-4-5-20-14;1-12-7-4-3-6(9(10)11)5-8(7)13-2;1-5-6-7(2,3)4;;;;;/h6-9,12-13,17H,10-11,14-15H2,1-5H3;3-6,9-10,14H,7-8,11-12H2,1-2H3,(H2,22,27);3-6,9-10,14,21H,7-8,11-12H2,1-2H3;4-5,8,11H,6-7,9-10H2,1-3H3;3-5,10-11H,1-2H3;1H2,2-4H3;1H4;4*1H2/t17-;2*14-;11-;;;;;;;/m0000......./s1. The molecule has 4 atom stereocenters. The van der Waals surface area contributed by atoms with Gasteiger partial charge in [-0.2, -0.15) is 59.0 Å². The largest absolute Gasteiger partial charge is 0.493 e. The molecule has 145 heavy (non-hydrogen) atoms. The van der Waals surface area contributed by atoms with Crippen LogP contribution in [-0.2, 0) is 28.4 Å². The number of fused-ring (bicyclic) bond motifs is 4. The minimum Gasteiger partial charge on any atom is -0.493 e. The highest BCUT2D eigenvalue weighted by Gasteiger charge is 2.33. The Hall–Kier alpha value is -12.6. The number of carbonyl (C=O) groups is 3. The lowest BCUT2D eigenvalue weighted by atomic mass is 9.80. The summed E-state index contributed by atoms with van der Waals surface area (Å²) in [5, 5.41) is 21.3. The van der Waals surface area contributed by atoms with Crippen LogP contribution in [-0.4, -0.2) is 322 Å². The summed E-state index contributed by atoms with van der Waals surface area (Å²) in [5.41, 5.74) is 14.0. The quantitative estimate of drug-likeness (QED) is 0.0234. The van der Waals surface area contributed by atoms with Crippen LogP contribution in [0.4, 0.5) is 14.4 Å². The van der Waals surface area contributed by atoms with E-state index in [0.717, 1.165) is 29.8 Å². The molecule has 4 aromatic carbocycles. The lowest BCUT2D eigenvalue weighted by Gasteiger charge is -2.34. The number of aromatic nitrogens is 12. The molecule has 5 N–H and O–H groups in total. The van der Waals surface area contributed by atoms with Gasteiger partial charge in [0.1, 0.15) is 67.2 Å². The van der Waals surface area contributed by atoms with E-state index >= 15 is 0 Å². The Balaban J connectivity index is 0.000000276. The van der Waals surface area contributed by atoms with Gasteiger partial charge in [0.25, 0.3) is 0 Å². The number of hydrogen-bond acceptors (Lipinski definition) is 37. The van der Waals surface area contributed by atoms with Gasteiger partial charge in [0.05, 0.1) is 142 Å². The first kappa shape index (κ1) is 121. The maximum Gasteiger partial charge on any atom is 0.488 e. The van der Waals surface area contributed by atoms with E-state index in [-0.39, 0.29) is 123 Å². The molecule has 0 radical (unpaired) electrons. The molecule has 4 aliphatic rings. The smallest absolute Gasteiger partial charge is 0.488 e. The van der Waals surface area contributed by atoms with Crippen LogP contribution in [0.25, 0.3) is 77.9 Å². The molecule has 0 bridgehead atoms. The Morgan fingerprint density at radius 3 is 1.06 bits per heavy atom. The molecule has 12 aromatic rings. The average molecular weight is 2120 g/mol. The number of amides is 4. The molecular formula is C97H130BClN18O23S4Si. The average Bonchev–Trinajstić information content (AvgIpc) is 0.796. The molecule has 48 heteroatoms. The molecular weight excluding hydrogens is 1990 g/mol. The zero-order valence-corrected chi connectivity index (χ0v) is 89.1. The first-order valence-corrected chi connectivity index (χ1v) is 48.3. The summed E-state index contributed by atoms with van der Waals surface area (Å²) in [5.74, 6) is 8.68. The second-order valence-electron chi connectivity index (χ2n) is 34.1. The van der Waals surface area contributed by atoms with Gasteiger partial charge in [0.2, 0.25) is 23.5 Å². The molecule has 16 rings (SSSR count). The van der Waals surface area contributed by atoms with Gasteiger partial charge in [0.15, 0.2) is 76.3 Å². The van der Waals surface area contributed by atoms with E-state index < -0.39 is 32.6 Å². The third kappa shape index (κ3) is 35.9. The molecule has 4 saturated heterocycles. The van der Waals surface area contributed by atoms with Crippen molar-refractivity contribution < 1.29 is 110 Å². The maximum atomic E-state index is 12.5. The SMILES string of the molecule is C.C=C=N[Si](C)(C)C.CC(C)(C)OC(=O)N1CCO[C@H](COc2nc(Cl)cc3nccnc23)C1.COc1ccc(-c2cc3nccnc3c(OC[C@@H]3CN(C(=O)OC(C)(C)C)CCO3)n2)cc1OC.COc1ccc(-c2cc3nccnc3c(OC[C@@H]3CN(C(N)=O)CCO3)n2)cc1OC.COc1ccc(-c2cc3nccnc3c(OC[C@@H]3CNCCO3)n2)cc1OC.COc1ccc(B(O)O)cc1OC.S.S.S.S. The monoisotopic (exact) mass is 2120 g/mol. The van der Waals surface area contributed by atoms with Gasteiger partial charge in [-0.15, -0.1) is 0 Å². The van der Waals surface area contributed by atoms with Gasteiger partial charge < -0.3 is 121 Å². The predicted octanol–water partition coefficient (Wildman–Crippen LogP) is 12.5. The van der Waals surface area contributed by atoms with Gasteiger partial charge in [-0.25, -0.2) is 49.3 Å². The molecule has 0 spiro atoms. The van der Waals surface area contributed by atoms with Gasteiger partial charge in [0, 0.05) is 105 Å². The number of nitrogens with zero attached hydrogens (tertiary/aromatic N) is 16. The van der Waals surface area contributed by atoms with E-state index in [2.05, 4.69) is 96.9 Å².